The fraction of sp³-hybridized carbons (Fsp3) is 0.500. The Hall–Kier alpha value is -1.34. The van der Waals surface area contributed by atoms with Crippen LogP contribution >= 0.6 is 0 Å². The molecule has 0 spiro atoms. The molecular formula is C20H27N. The highest BCUT2D eigenvalue weighted by atomic mass is 14.7. The van der Waals surface area contributed by atoms with E-state index in [0.29, 0.717) is 0 Å². The molecule has 112 valence electrons. The van der Waals surface area contributed by atoms with Crippen LogP contribution in [0.15, 0.2) is 42.5 Å². The van der Waals surface area contributed by atoms with E-state index in [2.05, 4.69) is 49.4 Å². The van der Waals surface area contributed by atoms with Crippen molar-refractivity contribution in [1.29, 1.82) is 0 Å². The summed E-state index contributed by atoms with van der Waals surface area (Å²) >= 11 is 0. The molecule has 21 heavy (non-hydrogen) atoms. The minimum Gasteiger partial charge on any atom is -0.325 e. The zero-order valence-electron chi connectivity index (χ0n) is 13.1. The van der Waals surface area contributed by atoms with Gasteiger partial charge in [-0.25, -0.2) is 0 Å². The summed E-state index contributed by atoms with van der Waals surface area (Å²) in [4.78, 5) is 0. The molecule has 3 rings (SSSR count). The lowest BCUT2D eigenvalue weighted by Crippen LogP contribution is -2.41. The molecule has 1 aliphatic carbocycles. The molecule has 1 aliphatic rings. The van der Waals surface area contributed by atoms with Crippen LogP contribution in [0.2, 0.25) is 0 Å². The summed E-state index contributed by atoms with van der Waals surface area (Å²) in [6, 6.07) is 15.3. The Morgan fingerprint density at radius 3 is 2.71 bits per heavy atom. The van der Waals surface area contributed by atoms with E-state index < -0.39 is 0 Å². The first-order valence-corrected chi connectivity index (χ1v) is 8.46. The Bertz CT molecular complexity index is 598. The van der Waals surface area contributed by atoms with Gasteiger partial charge in [0, 0.05) is 5.54 Å². The summed E-state index contributed by atoms with van der Waals surface area (Å²) in [6.45, 7) is 2.32. The maximum atomic E-state index is 6.80. The third kappa shape index (κ3) is 3.29. The number of rotatable bonds is 3. The van der Waals surface area contributed by atoms with E-state index in [-0.39, 0.29) is 5.54 Å². The molecule has 0 bridgehead atoms. The summed E-state index contributed by atoms with van der Waals surface area (Å²) < 4.78 is 0. The van der Waals surface area contributed by atoms with Crippen LogP contribution in [0.4, 0.5) is 0 Å². The van der Waals surface area contributed by atoms with Gasteiger partial charge in [-0.2, -0.15) is 0 Å². The standard InChI is InChI=1S/C20H27N/c1-2-16-7-6-13-20(21,14-12-16)15-18-10-5-9-17-8-3-4-11-19(17)18/h3-5,8-11,16H,2,6-7,12-15,21H2,1H3. The monoisotopic (exact) mass is 281 g/mol. The van der Waals surface area contributed by atoms with E-state index >= 15 is 0 Å². The van der Waals surface area contributed by atoms with Crippen LogP contribution in [0.1, 0.15) is 51.0 Å². The van der Waals surface area contributed by atoms with Gasteiger partial charge in [0.05, 0.1) is 0 Å². The molecule has 0 aliphatic heterocycles. The molecule has 2 N–H and O–H groups in total. The van der Waals surface area contributed by atoms with Gasteiger partial charge in [-0.1, -0.05) is 68.7 Å². The molecule has 1 nitrogen and oxygen atoms in total. The number of benzene rings is 2. The minimum atomic E-state index is -0.00591. The number of fused-ring (bicyclic) bond motifs is 1. The summed E-state index contributed by atoms with van der Waals surface area (Å²) in [7, 11) is 0. The lowest BCUT2D eigenvalue weighted by atomic mass is 9.83. The summed E-state index contributed by atoms with van der Waals surface area (Å²) in [5.74, 6) is 0.892. The van der Waals surface area contributed by atoms with Crippen molar-refractivity contribution in [3.63, 3.8) is 0 Å². The molecule has 1 saturated carbocycles. The molecular weight excluding hydrogens is 254 g/mol. The molecule has 0 aromatic heterocycles. The Morgan fingerprint density at radius 1 is 1.05 bits per heavy atom. The predicted molar refractivity (Wildman–Crippen MR) is 91.4 cm³/mol. The first-order valence-electron chi connectivity index (χ1n) is 8.46. The lowest BCUT2D eigenvalue weighted by Gasteiger charge is -2.29. The molecule has 0 amide bonds. The van der Waals surface area contributed by atoms with Crippen LogP contribution < -0.4 is 5.73 Å². The van der Waals surface area contributed by atoms with Crippen LogP contribution in [0.5, 0.6) is 0 Å². The van der Waals surface area contributed by atoms with Crippen LogP contribution in [0.25, 0.3) is 10.8 Å². The quantitative estimate of drug-likeness (QED) is 0.781. The number of nitrogens with two attached hydrogens (primary N) is 1. The van der Waals surface area contributed by atoms with E-state index in [1.807, 2.05) is 0 Å². The topological polar surface area (TPSA) is 26.0 Å². The fourth-order valence-corrected chi connectivity index (χ4v) is 3.91. The average Bonchev–Trinajstić information content (AvgIpc) is 2.69. The molecule has 0 saturated heterocycles. The Morgan fingerprint density at radius 2 is 1.86 bits per heavy atom. The average molecular weight is 281 g/mol. The van der Waals surface area contributed by atoms with Crippen LogP contribution in [0, 0.1) is 5.92 Å². The van der Waals surface area contributed by atoms with E-state index in [9.17, 15) is 0 Å². The van der Waals surface area contributed by atoms with Crippen LogP contribution in [0.3, 0.4) is 0 Å². The summed E-state index contributed by atoms with van der Waals surface area (Å²) in [6.07, 6.45) is 8.64. The summed E-state index contributed by atoms with van der Waals surface area (Å²) in [5, 5.41) is 2.71. The van der Waals surface area contributed by atoms with Crippen molar-refractivity contribution in [2.24, 2.45) is 11.7 Å². The van der Waals surface area contributed by atoms with Gasteiger partial charge in [0.15, 0.2) is 0 Å². The highest BCUT2D eigenvalue weighted by Gasteiger charge is 2.29. The molecule has 1 heteroatoms. The van der Waals surface area contributed by atoms with Gasteiger partial charge in [0.25, 0.3) is 0 Å². The molecule has 0 heterocycles. The normalized spacial score (nSPS) is 26.7. The van der Waals surface area contributed by atoms with Crippen molar-refractivity contribution in [1.82, 2.24) is 0 Å². The zero-order chi connectivity index (χ0) is 14.7. The highest BCUT2D eigenvalue weighted by molar-refractivity contribution is 5.85. The van der Waals surface area contributed by atoms with E-state index in [4.69, 9.17) is 5.73 Å². The molecule has 2 atom stereocenters. The van der Waals surface area contributed by atoms with E-state index in [1.54, 1.807) is 0 Å². The smallest absolute Gasteiger partial charge is 0.0195 e. The van der Waals surface area contributed by atoms with Crippen molar-refractivity contribution < 1.29 is 0 Å². The van der Waals surface area contributed by atoms with Gasteiger partial charge in [0.1, 0.15) is 0 Å². The highest BCUT2D eigenvalue weighted by Crippen LogP contribution is 2.33. The predicted octanol–water partition coefficient (Wildman–Crippen LogP) is 5.07. The van der Waals surface area contributed by atoms with E-state index in [0.717, 1.165) is 12.3 Å². The second-order valence-electron chi connectivity index (χ2n) is 6.88. The Labute approximate surface area is 128 Å². The van der Waals surface area contributed by atoms with Crippen molar-refractivity contribution in [2.75, 3.05) is 0 Å². The maximum absolute atomic E-state index is 6.80. The van der Waals surface area contributed by atoms with E-state index in [1.165, 1.54) is 54.9 Å². The van der Waals surface area contributed by atoms with Gasteiger partial charge in [-0.3, -0.25) is 0 Å². The van der Waals surface area contributed by atoms with Gasteiger partial charge >= 0.3 is 0 Å². The fourth-order valence-electron chi connectivity index (χ4n) is 3.91. The first-order chi connectivity index (χ1) is 10.2. The van der Waals surface area contributed by atoms with Gasteiger partial charge in [-0.15, -0.1) is 0 Å². The maximum Gasteiger partial charge on any atom is 0.0195 e. The van der Waals surface area contributed by atoms with Gasteiger partial charge < -0.3 is 5.73 Å². The lowest BCUT2D eigenvalue weighted by molar-refractivity contribution is 0.359. The second-order valence-corrected chi connectivity index (χ2v) is 6.88. The Kier molecular flexibility index (Phi) is 4.30. The van der Waals surface area contributed by atoms with Crippen molar-refractivity contribution in [3.8, 4) is 0 Å². The SMILES string of the molecule is CCC1CCCC(N)(Cc2cccc3ccccc23)CC1. The molecule has 0 radical (unpaired) electrons. The zero-order valence-corrected chi connectivity index (χ0v) is 13.1. The van der Waals surface area contributed by atoms with Crippen molar-refractivity contribution in [3.05, 3.63) is 48.0 Å². The minimum absolute atomic E-state index is 0.00591. The molecule has 2 aromatic carbocycles. The van der Waals surface area contributed by atoms with Crippen molar-refractivity contribution >= 4 is 10.8 Å². The number of hydrogen-bond donors (Lipinski definition) is 1. The third-order valence-electron chi connectivity index (χ3n) is 5.34. The van der Waals surface area contributed by atoms with Crippen LogP contribution in [-0.2, 0) is 6.42 Å². The van der Waals surface area contributed by atoms with Gasteiger partial charge in [-0.05, 0) is 47.9 Å². The Balaban J connectivity index is 1.84. The van der Waals surface area contributed by atoms with Crippen molar-refractivity contribution in [2.45, 2.75) is 57.4 Å². The largest absolute Gasteiger partial charge is 0.325 e. The molecule has 2 unspecified atom stereocenters. The summed E-state index contributed by atoms with van der Waals surface area (Å²) in [5.41, 5.74) is 8.21. The first kappa shape index (κ1) is 14.6. The van der Waals surface area contributed by atoms with Crippen LogP contribution in [-0.4, -0.2) is 5.54 Å². The van der Waals surface area contributed by atoms with Gasteiger partial charge in [0.2, 0.25) is 0 Å². The second kappa shape index (κ2) is 6.19. The third-order valence-corrected chi connectivity index (χ3v) is 5.34. The molecule has 1 fully saturated rings. The molecule has 2 aromatic rings. The number of hydrogen-bond acceptors (Lipinski definition) is 1.